The van der Waals surface area contributed by atoms with E-state index in [4.69, 9.17) is 13.9 Å². The normalized spacial score (nSPS) is 17.2. The fraction of sp³-hybridized carbons (Fsp3) is 0.267. The number of nitrogens with zero attached hydrogens (tertiary/aromatic N) is 1. The van der Waals surface area contributed by atoms with E-state index in [1.807, 2.05) is 6.07 Å². The number of hydrogen-bond acceptors (Lipinski definition) is 5. The Balaban J connectivity index is 2.12. The highest BCUT2D eigenvalue weighted by Gasteiger charge is 2.32. The summed E-state index contributed by atoms with van der Waals surface area (Å²) in [7, 11) is 3.14. The zero-order valence-corrected chi connectivity index (χ0v) is 12.0. The third-order valence-electron chi connectivity index (χ3n) is 3.58. The summed E-state index contributed by atoms with van der Waals surface area (Å²) in [6, 6.07) is 7.13. The maximum atomic E-state index is 12.4. The number of benzene rings is 1. The average molecular weight is 288 g/mol. The number of ether oxygens (including phenoxy) is 2. The summed E-state index contributed by atoms with van der Waals surface area (Å²) in [5, 5.41) is 15.6. The van der Waals surface area contributed by atoms with Crippen LogP contribution in [0.5, 0.6) is 11.5 Å². The molecule has 1 atom stereocenters. The van der Waals surface area contributed by atoms with Crippen LogP contribution in [0.2, 0.25) is 0 Å². The van der Waals surface area contributed by atoms with E-state index < -0.39 is 6.17 Å². The van der Waals surface area contributed by atoms with Crippen molar-refractivity contribution in [1.29, 1.82) is 0 Å². The van der Waals surface area contributed by atoms with Gasteiger partial charge >= 0.3 is 0 Å². The lowest BCUT2D eigenvalue weighted by Gasteiger charge is -2.26. The van der Waals surface area contributed by atoms with Crippen LogP contribution >= 0.6 is 0 Å². The van der Waals surface area contributed by atoms with Gasteiger partial charge in [-0.2, -0.15) is 4.74 Å². The molecule has 0 saturated heterocycles. The molecule has 0 fully saturated rings. The second-order valence-corrected chi connectivity index (χ2v) is 4.73. The van der Waals surface area contributed by atoms with Gasteiger partial charge in [0.2, 0.25) is 0 Å². The molecule has 21 heavy (non-hydrogen) atoms. The molecule has 0 amide bonds. The predicted molar refractivity (Wildman–Crippen MR) is 78.0 cm³/mol. The lowest BCUT2D eigenvalue weighted by atomic mass is 10.0. The van der Waals surface area contributed by atoms with Gasteiger partial charge in [-0.3, -0.25) is 0 Å². The molecule has 0 spiro atoms. The highest BCUT2D eigenvalue weighted by molar-refractivity contribution is 6.02. The van der Waals surface area contributed by atoms with E-state index in [1.165, 1.54) is 0 Å². The van der Waals surface area contributed by atoms with E-state index in [9.17, 15) is 5.21 Å². The van der Waals surface area contributed by atoms with E-state index >= 15 is 0 Å². The van der Waals surface area contributed by atoms with E-state index in [0.717, 1.165) is 16.0 Å². The maximum Gasteiger partial charge on any atom is 0.295 e. The largest absolute Gasteiger partial charge is 0.622 e. The Kier molecular flexibility index (Phi) is 3.21. The van der Waals surface area contributed by atoms with E-state index in [0.29, 0.717) is 23.0 Å². The van der Waals surface area contributed by atoms with Gasteiger partial charge in [-0.25, -0.2) is 0 Å². The molecule has 0 aliphatic carbocycles. The molecule has 1 aromatic carbocycles. The van der Waals surface area contributed by atoms with Crippen LogP contribution < -0.4 is 14.8 Å². The first-order valence-electron chi connectivity index (χ1n) is 6.52. The van der Waals surface area contributed by atoms with Crippen molar-refractivity contribution in [2.45, 2.75) is 13.1 Å². The van der Waals surface area contributed by atoms with Crippen LogP contribution in [-0.4, -0.2) is 24.7 Å². The molecule has 2 aromatic rings. The summed E-state index contributed by atoms with van der Waals surface area (Å²) >= 11 is 0. The molecule has 0 bridgehead atoms. The number of anilines is 1. The van der Waals surface area contributed by atoms with Crippen LogP contribution in [0.15, 0.2) is 34.9 Å². The molecule has 2 heterocycles. The topological polar surface area (TPSA) is 69.7 Å². The molecule has 1 aliphatic heterocycles. The summed E-state index contributed by atoms with van der Waals surface area (Å²) in [5.41, 5.74) is 2.18. The molecule has 1 aromatic heterocycles. The molecular weight excluding hydrogens is 272 g/mol. The minimum absolute atomic E-state index is 0.560. The second-order valence-electron chi connectivity index (χ2n) is 4.73. The van der Waals surface area contributed by atoms with E-state index in [-0.39, 0.29) is 0 Å². The van der Waals surface area contributed by atoms with E-state index in [2.05, 4.69) is 5.32 Å². The number of furan rings is 1. The molecule has 6 nitrogen and oxygen atoms in total. The first-order chi connectivity index (χ1) is 10.2. The van der Waals surface area contributed by atoms with Crippen molar-refractivity contribution < 1.29 is 18.6 Å². The summed E-state index contributed by atoms with van der Waals surface area (Å²) in [6.45, 7) is 1.77. The van der Waals surface area contributed by atoms with Gasteiger partial charge in [-0.05, 0) is 18.2 Å². The molecule has 1 unspecified atom stereocenters. The molecular formula is C15H16N2O4. The SMILES string of the molecule is COc1cc2c(cc1OC)C(C)=[N+]([O-])C(c1ccco1)N2. The van der Waals surface area contributed by atoms with Crippen LogP contribution in [-0.2, 0) is 0 Å². The Morgan fingerprint density at radius 1 is 1.24 bits per heavy atom. The van der Waals surface area contributed by atoms with Gasteiger partial charge < -0.3 is 24.4 Å². The zero-order valence-electron chi connectivity index (χ0n) is 12.0. The monoisotopic (exact) mass is 288 g/mol. The Morgan fingerprint density at radius 3 is 2.57 bits per heavy atom. The van der Waals surface area contributed by atoms with Crippen LogP contribution in [0, 0.1) is 5.21 Å². The fourth-order valence-corrected chi connectivity index (χ4v) is 2.45. The highest BCUT2D eigenvalue weighted by Crippen LogP contribution is 2.37. The van der Waals surface area contributed by atoms with Crippen molar-refractivity contribution in [3.8, 4) is 11.5 Å². The predicted octanol–water partition coefficient (Wildman–Crippen LogP) is 2.74. The number of hydroxylamine groups is 1. The number of methoxy groups -OCH3 is 2. The number of fused-ring (bicyclic) bond motifs is 1. The van der Waals surface area contributed by atoms with Gasteiger partial charge in [0.05, 0.1) is 31.7 Å². The Hall–Kier alpha value is -2.63. The van der Waals surface area contributed by atoms with Crippen LogP contribution in [0.1, 0.15) is 24.4 Å². The van der Waals surface area contributed by atoms with Crippen molar-refractivity contribution in [2.24, 2.45) is 0 Å². The minimum Gasteiger partial charge on any atom is -0.622 e. The number of hydrogen-bond donors (Lipinski definition) is 1. The number of rotatable bonds is 3. The van der Waals surface area contributed by atoms with Crippen molar-refractivity contribution in [3.05, 3.63) is 47.1 Å². The van der Waals surface area contributed by atoms with Crippen LogP contribution in [0.4, 0.5) is 5.69 Å². The van der Waals surface area contributed by atoms with Crippen molar-refractivity contribution in [2.75, 3.05) is 19.5 Å². The number of nitrogens with one attached hydrogen (secondary N) is 1. The van der Waals surface area contributed by atoms with Crippen LogP contribution in [0.25, 0.3) is 0 Å². The van der Waals surface area contributed by atoms with E-state index in [1.54, 1.807) is 45.6 Å². The van der Waals surface area contributed by atoms with Gasteiger partial charge in [-0.1, -0.05) is 0 Å². The van der Waals surface area contributed by atoms with Gasteiger partial charge in [-0.15, -0.1) is 0 Å². The average Bonchev–Trinajstić information content (AvgIpc) is 3.03. The molecule has 6 heteroatoms. The first kappa shape index (κ1) is 13.4. The molecule has 110 valence electrons. The van der Waals surface area contributed by atoms with Gasteiger partial charge in [0, 0.05) is 13.0 Å². The third kappa shape index (κ3) is 2.08. The Bertz CT molecular complexity index is 692. The minimum atomic E-state index is -0.592. The van der Waals surface area contributed by atoms with Gasteiger partial charge in [0.1, 0.15) is 0 Å². The summed E-state index contributed by atoms with van der Waals surface area (Å²) < 4.78 is 16.8. The van der Waals surface area contributed by atoms with Crippen LogP contribution in [0.3, 0.4) is 0 Å². The van der Waals surface area contributed by atoms with Gasteiger partial charge in [0.25, 0.3) is 6.17 Å². The Labute approximate surface area is 122 Å². The van der Waals surface area contributed by atoms with Crippen molar-refractivity contribution in [3.63, 3.8) is 0 Å². The molecule has 3 rings (SSSR count). The second kappa shape index (κ2) is 5.05. The quantitative estimate of drug-likeness (QED) is 0.694. The lowest BCUT2D eigenvalue weighted by Crippen LogP contribution is -2.31. The van der Waals surface area contributed by atoms with Crippen molar-refractivity contribution >= 4 is 11.4 Å². The summed E-state index contributed by atoms with van der Waals surface area (Å²) in [6.07, 6.45) is 0.954. The molecule has 1 N–H and O–H groups in total. The standard InChI is InChI=1S/C15H16N2O4/c1-9-10-7-13(19-2)14(20-3)8-11(10)16-15(17(9)18)12-5-4-6-21-12/h4-8,15-16H,1-3H3. The summed E-state index contributed by atoms with van der Waals surface area (Å²) in [5.74, 6) is 1.75. The third-order valence-corrected chi connectivity index (χ3v) is 3.58. The maximum absolute atomic E-state index is 12.4. The first-order valence-corrected chi connectivity index (χ1v) is 6.52. The summed E-state index contributed by atoms with van der Waals surface area (Å²) in [4.78, 5) is 0. The van der Waals surface area contributed by atoms with Gasteiger partial charge in [0.15, 0.2) is 23.0 Å². The molecule has 0 saturated carbocycles. The molecule has 1 aliphatic rings. The Morgan fingerprint density at radius 2 is 1.95 bits per heavy atom. The smallest absolute Gasteiger partial charge is 0.295 e. The molecule has 0 radical (unpaired) electrons. The lowest BCUT2D eigenvalue weighted by molar-refractivity contribution is -0.504. The zero-order chi connectivity index (χ0) is 15.0. The highest BCUT2D eigenvalue weighted by atomic mass is 16.5. The van der Waals surface area contributed by atoms with Crippen molar-refractivity contribution in [1.82, 2.24) is 0 Å². The fourth-order valence-electron chi connectivity index (χ4n) is 2.45.